The van der Waals surface area contributed by atoms with Gasteiger partial charge in [-0.25, -0.2) is 13.1 Å². The van der Waals surface area contributed by atoms with E-state index in [1.807, 2.05) is 27.7 Å². The number of piperidine rings is 1. The Morgan fingerprint density at radius 3 is 2.29 bits per heavy atom. The molecular weight excluding hydrogens is 290 g/mol. The van der Waals surface area contributed by atoms with Crippen LogP contribution in [0.5, 0.6) is 0 Å². The molecule has 0 amide bonds. The third-order valence-electron chi connectivity index (χ3n) is 3.59. The van der Waals surface area contributed by atoms with Gasteiger partial charge in [0.05, 0.1) is 0 Å². The lowest BCUT2D eigenvalue weighted by atomic mass is 9.80. The molecule has 0 atom stereocenters. The summed E-state index contributed by atoms with van der Waals surface area (Å²) in [4.78, 5) is 14.1. The van der Waals surface area contributed by atoms with E-state index in [1.165, 1.54) is 18.5 Å². The lowest BCUT2D eigenvalue weighted by Crippen LogP contribution is -2.62. The van der Waals surface area contributed by atoms with E-state index in [0.717, 1.165) is 0 Å². The van der Waals surface area contributed by atoms with Gasteiger partial charge in [0, 0.05) is 35.6 Å². The lowest BCUT2D eigenvalue weighted by molar-refractivity contribution is 0.157. The molecule has 2 rings (SSSR count). The van der Waals surface area contributed by atoms with Gasteiger partial charge >= 0.3 is 0 Å². The highest BCUT2D eigenvalue weighted by molar-refractivity contribution is 7.89. The summed E-state index contributed by atoms with van der Waals surface area (Å²) in [5, 5.41) is 3.50. The quantitative estimate of drug-likeness (QED) is 0.775. The molecule has 3 N–H and O–H groups in total. The summed E-state index contributed by atoms with van der Waals surface area (Å²) in [6.07, 6.45) is 3.97. The Hall–Kier alpha value is -1.18. The third kappa shape index (κ3) is 3.93. The highest BCUT2D eigenvalue weighted by Gasteiger charge is 2.39. The first-order chi connectivity index (χ1) is 9.51. The number of hydrogen-bond donors (Lipinski definition) is 3. The Kier molecular flexibility index (Phi) is 4.03. The van der Waals surface area contributed by atoms with E-state index < -0.39 is 15.5 Å². The maximum atomic E-state index is 12.4. The van der Waals surface area contributed by atoms with Crippen molar-refractivity contribution < 1.29 is 8.42 Å². The van der Waals surface area contributed by atoms with Gasteiger partial charge in [0.25, 0.3) is 0 Å². The molecule has 1 aliphatic heterocycles. The van der Waals surface area contributed by atoms with E-state index in [1.54, 1.807) is 0 Å². The van der Waals surface area contributed by atoms with E-state index in [2.05, 4.69) is 15.0 Å². The molecule has 1 fully saturated rings. The van der Waals surface area contributed by atoms with Crippen LogP contribution in [-0.2, 0) is 10.0 Å². The molecule has 0 spiro atoms. The first-order valence-corrected chi connectivity index (χ1v) is 8.48. The summed E-state index contributed by atoms with van der Waals surface area (Å²) in [5.41, 5.74) is -0.843. The average Bonchev–Trinajstić information content (AvgIpc) is 2.23. The molecule has 0 aliphatic carbocycles. The van der Waals surface area contributed by atoms with Gasteiger partial charge in [0.15, 0.2) is 0 Å². The van der Waals surface area contributed by atoms with Crippen molar-refractivity contribution >= 4 is 10.0 Å². The average molecular weight is 313 g/mol. The highest BCUT2D eigenvalue weighted by Crippen LogP contribution is 2.29. The number of rotatable bonds is 3. The van der Waals surface area contributed by atoms with E-state index in [0.29, 0.717) is 12.8 Å². The zero-order valence-corrected chi connectivity index (χ0v) is 13.7. The third-order valence-corrected chi connectivity index (χ3v) is 5.13. The summed E-state index contributed by atoms with van der Waals surface area (Å²) < 4.78 is 27.5. The van der Waals surface area contributed by atoms with Crippen LogP contribution in [-0.4, -0.2) is 30.5 Å². The SMILES string of the molecule is CC1(C)CC(NS(=O)(=O)c2c[nH]ccc2=O)CC(C)(C)N1. The maximum Gasteiger partial charge on any atom is 0.246 e. The number of hydrogen-bond acceptors (Lipinski definition) is 4. The number of H-pyrrole nitrogens is 1. The Balaban J connectivity index is 2.25. The number of pyridine rings is 1. The molecule has 1 saturated heterocycles. The fourth-order valence-corrected chi connectivity index (χ4v) is 4.59. The number of nitrogens with one attached hydrogen (secondary N) is 3. The van der Waals surface area contributed by atoms with Gasteiger partial charge in [-0.3, -0.25) is 4.79 Å². The topological polar surface area (TPSA) is 91.1 Å². The molecular formula is C14H23N3O3S. The molecule has 1 aromatic rings. The summed E-state index contributed by atoms with van der Waals surface area (Å²) in [5.74, 6) is 0. The molecule has 7 heteroatoms. The minimum absolute atomic E-state index is 0.169. The lowest BCUT2D eigenvalue weighted by Gasteiger charge is -2.46. The molecule has 0 bridgehead atoms. The van der Waals surface area contributed by atoms with Crippen LogP contribution in [0.1, 0.15) is 40.5 Å². The maximum absolute atomic E-state index is 12.4. The van der Waals surface area contributed by atoms with Gasteiger partial charge in [-0.2, -0.15) is 0 Å². The predicted octanol–water partition coefficient (Wildman–Crippen LogP) is 0.962. The minimum Gasteiger partial charge on any atom is -0.366 e. The van der Waals surface area contributed by atoms with Crippen LogP contribution in [0.15, 0.2) is 28.2 Å². The number of aromatic nitrogens is 1. The zero-order valence-electron chi connectivity index (χ0n) is 12.9. The summed E-state index contributed by atoms with van der Waals surface area (Å²) in [6, 6.07) is 1.01. The van der Waals surface area contributed by atoms with Crippen molar-refractivity contribution in [1.29, 1.82) is 0 Å². The first-order valence-electron chi connectivity index (χ1n) is 7.00. The van der Waals surface area contributed by atoms with Crippen molar-refractivity contribution in [3.05, 3.63) is 28.7 Å². The van der Waals surface area contributed by atoms with Crippen molar-refractivity contribution in [3.63, 3.8) is 0 Å². The fourth-order valence-electron chi connectivity index (χ4n) is 3.30. The number of sulfonamides is 1. The predicted molar refractivity (Wildman–Crippen MR) is 81.7 cm³/mol. The van der Waals surface area contributed by atoms with Crippen LogP contribution in [0, 0.1) is 0 Å². The van der Waals surface area contributed by atoms with E-state index in [-0.39, 0.29) is 22.0 Å². The molecule has 0 saturated carbocycles. The van der Waals surface area contributed by atoms with Crippen LogP contribution in [0.4, 0.5) is 0 Å². The Morgan fingerprint density at radius 1 is 1.19 bits per heavy atom. The van der Waals surface area contributed by atoms with E-state index in [9.17, 15) is 13.2 Å². The largest absolute Gasteiger partial charge is 0.366 e. The second kappa shape index (κ2) is 5.23. The van der Waals surface area contributed by atoms with Crippen molar-refractivity contribution in [3.8, 4) is 0 Å². The summed E-state index contributed by atoms with van der Waals surface area (Å²) in [6.45, 7) is 8.18. The second-order valence-corrected chi connectivity index (χ2v) is 8.67. The van der Waals surface area contributed by atoms with Crippen LogP contribution >= 0.6 is 0 Å². The van der Waals surface area contributed by atoms with Gasteiger partial charge in [-0.1, -0.05) is 0 Å². The van der Waals surface area contributed by atoms with E-state index >= 15 is 0 Å². The Bertz CT molecular complexity index is 661. The molecule has 21 heavy (non-hydrogen) atoms. The van der Waals surface area contributed by atoms with Crippen LogP contribution in [0.25, 0.3) is 0 Å². The molecule has 0 unspecified atom stereocenters. The minimum atomic E-state index is -3.81. The van der Waals surface area contributed by atoms with Crippen LogP contribution in [0.2, 0.25) is 0 Å². The second-order valence-electron chi connectivity index (χ2n) is 6.99. The smallest absolute Gasteiger partial charge is 0.246 e. The molecule has 2 heterocycles. The van der Waals surface area contributed by atoms with Crippen LogP contribution < -0.4 is 15.5 Å². The Morgan fingerprint density at radius 2 is 1.76 bits per heavy atom. The molecule has 118 valence electrons. The van der Waals surface area contributed by atoms with E-state index in [4.69, 9.17) is 0 Å². The van der Waals surface area contributed by atoms with Crippen molar-refractivity contribution in [2.45, 2.75) is 62.6 Å². The zero-order chi connectivity index (χ0) is 15.9. The molecule has 0 radical (unpaired) electrons. The van der Waals surface area contributed by atoms with Crippen molar-refractivity contribution in [2.24, 2.45) is 0 Å². The number of aromatic amines is 1. The first kappa shape index (κ1) is 16.2. The summed E-state index contributed by atoms with van der Waals surface area (Å²) >= 11 is 0. The molecule has 1 aliphatic rings. The fraction of sp³-hybridized carbons (Fsp3) is 0.643. The monoisotopic (exact) mass is 313 g/mol. The standard InChI is InChI=1S/C14H23N3O3S/c1-13(2)7-10(8-14(3,4)17-13)16-21(19,20)12-9-15-6-5-11(12)18/h5-6,9-10,16-17H,7-8H2,1-4H3,(H,15,18). The van der Waals surface area contributed by atoms with Crippen LogP contribution in [0.3, 0.4) is 0 Å². The van der Waals surface area contributed by atoms with Gasteiger partial charge < -0.3 is 10.3 Å². The Labute approximate surface area is 125 Å². The van der Waals surface area contributed by atoms with Gasteiger partial charge in [-0.15, -0.1) is 0 Å². The van der Waals surface area contributed by atoms with Gasteiger partial charge in [0.1, 0.15) is 4.90 Å². The molecule has 6 nitrogen and oxygen atoms in total. The van der Waals surface area contributed by atoms with Crippen molar-refractivity contribution in [2.75, 3.05) is 0 Å². The van der Waals surface area contributed by atoms with Crippen molar-refractivity contribution in [1.82, 2.24) is 15.0 Å². The highest BCUT2D eigenvalue weighted by atomic mass is 32.2. The van der Waals surface area contributed by atoms with Gasteiger partial charge in [0.2, 0.25) is 15.5 Å². The normalized spacial score (nSPS) is 22.1. The summed E-state index contributed by atoms with van der Waals surface area (Å²) in [7, 11) is -3.81. The molecule has 1 aromatic heterocycles. The van der Waals surface area contributed by atoms with Gasteiger partial charge in [-0.05, 0) is 40.5 Å². The molecule has 0 aromatic carbocycles.